The zero-order valence-electron chi connectivity index (χ0n) is 6.97. The molecule has 0 radical (unpaired) electrons. The number of aliphatic hydroxyl groups is 1. The van der Waals surface area contributed by atoms with Crippen molar-refractivity contribution in [1.29, 1.82) is 0 Å². The van der Waals surface area contributed by atoms with Crippen molar-refractivity contribution in [3.8, 4) is 0 Å². The summed E-state index contributed by atoms with van der Waals surface area (Å²) in [5, 5.41) is 9.10. The highest BCUT2D eigenvalue weighted by atomic mass is 19.4. The molecule has 76 valence electrons. The predicted molar refractivity (Wildman–Crippen MR) is 39.9 cm³/mol. The van der Waals surface area contributed by atoms with Crippen LogP contribution < -0.4 is 0 Å². The SMILES string of the molecule is OC(CC(F)(F)F)C1=CCCCO1. The Morgan fingerprint density at radius 2 is 2.23 bits per heavy atom. The first-order valence-corrected chi connectivity index (χ1v) is 4.07. The van der Waals surface area contributed by atoms with Crippen molar-refractivity contribution < 1.29 is 23.0 Å². The first-order valence-electron chi connectivity index (χ1n) is 4.07. The minimum Gasteiger partial charge on any atom is -0.495 e. The largest absolute Gasteiger partial charge is 0.495 e. The van der Waals surface area contributed by atoms with Crippen LogP contribution in [0.2, 0.25) is 0 Å². The molecule has 1 heterocycles. The molecule has 1 atom stereocenters. The van der Waals surface area contributed by atoms with Crippen LogP contribution >= 0.6 is 0 Å². The van der Waals surface area contributed by atoms with Crippen LogP contribution in [0.25, 0.3) is 0 Å². The molecule has 1 aliphatic rings. The molecule has 0 aromatic heterocycles. The molecule has 0 aliphatic carbocycles. The van der Waals surface area contributed by atoms with E-state index in [0.29, 0.717) is 13.0 Å². The van der Waals surface area contributed by atoms with Gasteiger partial charge < -0.3 is 9.84 Å². The number of alkyl halides is 3. The number of ether oxygens (including phenoxy) is 1. The third-order valence-corrected chi connectivity index (χ3v) is 1.72. The summed E-state index contributed by atoms with van der Waals surface area (Å²) in [6.45, 7) is 0.390. The highest BCUT2D eigenvalue weighted by Gasteiger charge is 2.33. The van der Waals surface area contributed by atoms with E-state index < -0.39 is 18.7 Å². The highest BCUT2D eigenvalue weighted by molar-refractivity contribution is 5.02. The summed E-state index contributed by atoms with van der Waals surface area (Å²) < 4.78 is 40.4. The zero-order valence-corrected chi connectivity index (χ0v) is 6.97. The van der Waals surface area contributed by atoms with Crippen LogP contribution in [-0.2, 0) is 4.74 Å². The van der Waals surface area contributed by atoms with E-state index in [4.69, 9.17) is 9.84 Å². The molecule has 1 N–H and O–H groups in total. The first-order chi connectivity index (χ1) is 5.99. The Kier molecular flexibility index (Phi) is 3.19. The molecule has 2 nitrogen and oxygen atoms in total. The second-order valence-electron chi connectivity index (χ2n) is 2.93. The van der Waals surface area contributed by atoms with E-state index in [-0.39, 0.29) is 5.76 Å². The van der Waals surface area contributed by atoms with Crippen molar-refractivity contribution >= 4 is 0 Å². The van der Waals surface area contributed by atoms with Gasteiger partial charge in [-0.3, -0.25) is 0 Å². The fourth-order valence-corrected chi connectivity index (χ4v) is 1.13. The first kappa shape index (κ1) is 10.4. The van der Waals surface area contributed by atoms with Crippen LogP contribution in [0.1, 0.15) is 19.3 Å². The van der Waals surface area contributed by atoms with Crippen LogP contribution in [0.5, 0.6) is 0 Å². The summed E-state index contributed by atoms with van der Waals surface area (Å²) in [5.41, 5.74) is 0. The lowest BCUT2D eigenvalue weighted by atomic mass is 10.1. The minimum atomic E-state index is -4.35. The highest BCUT2D eigenvalue weighted by Crippen LogP contribution is 2.26. The van der Waals surface area contributed by atoms with E-state index in [2.05, 4.69) is 0 Å². The number of aliphatic hydroxyl groups excluding tert-OH is 1. The van der Waals surface area contributed by atoms with Gasteiger partial charge in [-0.05, 0) is 18.9 Å². The molecular weight excluding hydrogens is 185 g/mol. The Morgan fingerprint density at radius 1 is 1.54 bits per heavy atom. The Bertz CT molecular complexity index is 198. The molecule has 13 heavy (non-hydrogen) atoms. The summed E-state index contributed by atoms with van der Waals surface area (Å²) in [6, 6.07) is 0. The van der Waals surface area contributed by atoms with E-state index in [1.165, 1.54) is 6.08 Å². The number of allylic oxidation sites excluding steroid dienone is 1. The summed E-state index contributed by atoms with van der Waals surface area (Å²) in [6.07, 6.45) is -4.15. The molecule has 0 aromatic rings. The predicted octanol–water partition coefficient (Wildman–Crippen LogP) is 1.99. The lowest BCUT2D eigenvalue weighted by Gasteiger charge is -2.20. The van der Waals surface area contributed by atoms with E-state index >= 15 is 0 Å². The molecule has 0 fully saturated rings. The van der Waals surface area contributed by atoms with E-state index in [0.717, 1.165) is 6.42 Å². The molecule has 0 amide bonds. The van der Waals surface area contributed by atoms with Crippen LogP contribution in [0.3, 0.4) is 0 Å². The summed E-state index contributed by atoms with van der Waals surface area (Å²) >= 11 is 0. The molecule has 1 rings (SSSR count). The van der Waals surface area contributed by atoms with Gasteiger partial charge in [-0.25, -0.2) is 0 Å². The molecule has 1 unspecified atom stereocenters. The molecular formula is C8H11F3O2. The van der Waals surface area contributed by atoms with Gasteiger partial charge in [-0.15, -0.1) is 0 Å². The van der Waals surface area contributed by atoms with Crippen LogP contribution in [0.4, 0.5) is 13.2 Å². The molecule has 0 saturated heterocycles. The molecule has 0 spiro atoms. The average Bonchev–Trinajstić information content (AvgIpc) is 2.03. The molecule has 1 aliphatic heterocycles. The number of halogens is 3. The van der Waals surface area contributed by atoms with Crippen molar-refractivity contribution in [3.05, 3.63) is 11.8 Å². The lowest BCUT2D eigenvalue weighted by molar-refractivity contribution is -0.153. The van der Waals surface area contributed by atoms with Gasteiger partial charge >= 0.3 is 6.18 Å². The molecule has 0 saturated carbocycles. The van der Waals surface area contributed by atoms with Gasteiger partial charge in [0, 0.05) is 0 Å². The smallest absolute Gasteiger partial charge is 0.392 e. The summed E-state index contributed by atoms with van der Waals surface area (Å²) in [4.78, 5) is 0. The maximum Gasteiger partial charge on any atom is 0.392 e. The number of hydrogen-bond donors (Lipinski definition) is 1. The molecule has 5 heteroatoms. The van der Waals surface area contributed by atoms with Gasteiger partial charge in [0.15, 0.2) is 0 Å². The fraction of sp³-hybridized carbons (Fsp3) is 0.750. The monoisotopic (exact) mass is 196 g/mol. The van der Waals surface area contributed by atoms with Crippen molar-refractivity contribution in [3.63, 3.8) is 0 Å². The Morgan fingerprint density at radius 3 is 2.69 bits per heavy atom. The van der Waals surface area contributed by atoms with Crippen molar-refractivity contribution in [2.75, 3.05) is 6.61 Å². The fourth-order valence-electron chi connectivity index (χ4n) is 1.13. The quantitative estimate of drug-likeness (QED) is 0.731. The topological polar surface area (TPSA) is 29.5 Å². The van der Waals surface area contributed by atoms with Gasteiger partial charge in [-0.1, -0.05) is 0 Å². The normalized spacial score (nSPS) is 20.5. The Labute approximate surface area is 74.0 Å². The number of rotatable bonds is 2. The van der Waals surface area contributed by atoms with E-state index in [1.54, 1.807) is 0 Å². The number of hydrogen-bond acceptors (Lipinski definition) is 2. The zero-order chi connectivity index (χ0) is 9.90. The van der Waals surface area contributed by atoms with E-state index in [1.807, 2.05) is 0 Å². The maximum atomic E-state index is 11.8. The average molecular weight is 196 g/mol. The molecule has 0 bridgehead atoms. The second-order valence-corrected chi connectivity index (χ2v) is 2.93. The van der Waals surface area contributed by atoms with Crippen LogP contribution in [0, 0.1) is 0 Å². The maximum absolute atomic E-state index is 11.8. The van der Waals surface area contributed by atoms with E-state index in [9.17, 15) is 13.2 Å². The van der Waals surface area contributed by atoms with Crippen LogP contribution in [0.15, 0.2) is 11.8 Å². The lowest BCUT2D eigenvalue weighted by Crippen LogP contribution is -2.23. The third kappa shape index (κ3) is 3.67. The van der Waals surface area contributed by atoms with Gasteiger partial charge in [-0.2, -0.15) is 13.2 Å². The van der Waals surface area contributed by atoms with Crippen molar-refractivity contribution in [2.24, 2.45) is 0 Å². The van der Waals surface area contributed by atoms with Crippen molar-refractivity contribution in [2.45, 2.75) is 31.5 Å². The Hall–Kier alpha value is -0.710. The minimum absolute atomic E-state index is 0.0589. The van der Waals surface area contributed by atoms with Gasteiger partial charge in [0.2, 0.25) is 0 Å². The third-order valence-electron chi connectivity index (χ3n) is 1.72. The second kappa shape index (κ2) is 4.00. The summed E-state index contributed by atoms with van der Waals surface area (Å²) in [7, 11) is 0. The molecule has 0 aromatic carbocycles. The van der Waals surface area contributed by atoms with Gasteiger partial charge in [0.1, 0.15) is 11.9 Å². The van der Waals surface area contributed by atoms with Gasteiger partial charge in [0.05, 0.1) is 13.0 Å². The van der Waals surface area contributed by atoms with Gasteiger partial charge in [0.25, 0.3) is 0 Å². The summed E-state index contributed by atoms with van der Waals surface area (Å²) in [5.74, 6) is 0.0589. The van der Waals surface area contributed by atoms with Crippen LogP contribution in [-0.4, -0.2) is 24.0 Å². The van der Waals surface area contributed by atoms with Crippen molar-refractivity contribution in [1.82, 2.24) is 0 Å². The Balaban J connectivity index is 2.47. The standard InChI is InChI=1S/C8H11F3O2/c9-8(10,11)5-6(12)7-3-1-2-4-13-7/h3,6,12H,1-2,4-5H2.